The molecule has 0 spiro atoms. The Morgan fingerprint density at radius 3 is 2.24 bits per heavy atom. The summed E-state index contributed by atoms with van der Waals surface area (Å²) in [6, 6.07) is 6.72. The van der Waals surface area contributed by atoms with Crippen molar-refractivity contribution in [3.8, 4) is 0 Å². The summed E-state index contributed by atoms with van der Waals surface area (Å²) >= 11 is 0. The number of carbonyl (C=O) groups excluding carboxylic acids is 5. The normalized spacial score (nSPS) is 18.6. The van der Waals surface area contributed by atoms with Crippen molar-refractivity contribution in [1.82, 2.24) is 26.6 Å². The number of esters is 1. The molecule has 2 aromatic rings. The van der Waals surface area contributed by atoms with Gasteiger partial charge in [0.05, 0.1) is 13.2 Å². The molecule has 2 aromatic carbocycles. The maximum absolute atomic E-state index is 14.6. The Bertz CT molecular complexity index is 1420. The van der Waals surface area contributed by atoms with Gasteiger partial charge < -0.3 is 31.3 Å². The lowest BCUT2D eigenvalue weighted by molar-refractivity contribution is -0.144. The lowest BCUT2D eigenvalue weighted by atomic mass is 10.0. The van der Waals surface area contributed by atoms with Gasteiger partial charge in [-0.15, -0.1) is 0 Å². The third-order valence-corrected chi connectivity index (χ3v) is 7.47. The SMILES string of the molecule is COC(=O)[C@@H](NC(=O)N[C@@H](Cc1ccccc1F)C(=O)N[C@H]1CCCCNC(=O)C=C[C@H](Cc2ccccc2F)NC1=O)C(C)C. The first-order valence-electron chi connectivity index (χ1n) is 15.2. The van der Waals surface area contributed by atoms with Crippen LogP contribution in [-0.4, -0.2) is 67.5 Å². The van der Waals surface area contributed by atoms with E-state index in [0.717, 1.165) is 0 Å². The average molecular weight is 642 g/mol. The first-order valence-corrected chi connectivity index (χ1v) is 15.2. The molecule has 0 radical (unpaired) electrons. The topological polar surface area (TPSA) is 155 Å². The van der Waals surface area contributed by atoms with Gasteiger partial charge in [-0.05, 0) is 54.9 Å². The van der Waals surface area contributed by atoms with Crippen LogP contribution >= 0.6 is 0 Å². The van der Waals surface area contributed by atoms with E-state index in [4.69, 9.17) is 4.74 Å². The fraction of sp³-hybridized carbons (Fsp3) is 0.424. The molecule has 0 unspecified atom stereocenters. The van der Waals surface area contributed by atoms with Gasteiger partial charge in [0.25, 0.3) is 0 Å². The molecule has 1 heterocycles. The van der Waals surface area contributed by atoms with Crippen LogP contribution in [0.5, 0.6) is 0 Å². The zero-order chi connectivity index (χ0) is 33.6. The molecule has 1 aliphatic rings. The number of benzene rings is 2. The Labute approximate surface area is 266 Å². The van der Waals surface area contributed by atoms with Crippen LogP contribution in [0.1, 0.15) is 44.2 Å². The van der Waals surface area contributed by atoms with Crippen molar-refractivity contribution in [2.45, 2.75) is 70.1 Å². The molecule has 0 fully saturated rings. The number of carbonyl (C=O) groups is 5. The molecule has 0 saturated heterocycles. The number of ether oxygens (including phenoxy) is 1. The van der Waals surface area contributed by atoms with E-state index >= 15 is 0 Å². The van der Waals surface area contributed by atoms with Crippen LogP contribution in [-0.2, 0) is 36.8 Å². The molecule has 5 amide bonds. The Morgan fingerprint density at radius 2 is 1.61 bits per heavy atom. The van der Waals surface area contributed by atoms with Crippen LogP contribution in [0.4, 0.5) is 13.6 Å². The molecule has 46 heavy (non-hydrogen) atoms. The van der Waals surface area contributed by atoms with E-state index < -0.39 is 59.6 Å². The van der Waals surface area contributed by atoms with Gasteiger partial charge in [0.2, 0.25) is 17.7 Å². The molecule has 5 N–H and O–H groups in total. The summed E-state index contributed by atoms with van der Waals surface area (Å²) < 4.78 is 33.8. The van der Waals surface area contributed by atoms with E-state index in [2.05, 4.69) is 26.6 Å². The second-order valence-electron chi connectivity index (χ2n) is 11.3. The van der Waals surface area contributed by atoms with Crippen LogP contribution in [0.15, 0.2) is 60.7 Å². The van der Waals surface area contributed by atoms with Gasteiger partial charge in [-0.2, -0.15) is 0 Å². The number of halogens is 2. The molecule has 0 aromatic heterocycles. The van der Waals surface area contributed by atoms with E-state index in [1.807, 2.05) is 0 Å². The number of methoxy groups -OCH3 is 1. The quantitative estimate of drug-likeness (QED) is 0.251. The molecule has 248 valence electrons. The van der Waals surface area contributed by atoms with Crippen molar-refractivity contribution in [3.63, 3.8) is 0 Å². The van der Waals surface area contributed by atoms with Gasteiger partial charge in [0, 0.05) is 19.0 Å². The molecule has 0 saturated carbocycles. The lowest BCUT2D eigenvalue weighted by Crippen LogP contribution is -2.58. The highest BCUT2D eigenvalue weighted by Crippen LogP contribution is 2.13. The summed E-state index contributed by atoms with van der Waals surface area (Å²) in [5.41, 5.74) is 0.461. The monoisotopic (exact) mass is 641 g/mol. The highest BCUT2D eigenvalue weighted by molar-refractivity contribution is 5.93. The number of urea groups is 1. The minimum Gasteiger partial charge on any atom is -0.467 e. The zero-order valence-electron chi connectivity index (χ0n) is 26.1. The maximum Gasteiger partial charge on any atom is 0.328 e. The standard InChI is InChI=1S/C33H41F2N5O6/c1-20(2)29(32(44)46-3)40-33(45)39-27(19-22-11-5-7-13-25(22)35)31(43)38-26-14-8-9-17-36-28(41)16-15-23(37-30(26)42)18-21-10-4-6-12-24(21)34/h4-7,10-13,15-16,20,23,26-27,29H,8-9,14,17-19H2,1-3H3,(H,36,41)(H,37,42)(H,38,43)(H2,39,40,45)/t23-,26+,27+,29+/m1/s1. The largest absolute Gasteiger partial charge is 0.467 e. The highest BCUT2D eigenvalue weighted by atomic mass is 19.1. The molecular formula is C33H41F2N5O6. The number of hydrogen-bond acceptors (Lipinski definition) is 6. The molecule has 4 atom stereocenters. The van der Waals surface area contributed by atoms with Gasteiger partial charge in [-0.1, -0.05) is 56.3 Å². The number of amides is 5. The third kappa shape index (κ3) is 11.0. The van der Waals surface area contributed by atoms with Crippen molar-refractivity contribution in [3.05, 3.63) is 83.4 Å². The second kappa shape index (κ2) is 17.6. The highest BCUT2D eigenvalue weighted by Gasteiger charge is 2.31. The maximum atomic E-state index is 14.6. The molecule has 0 bridgehead atoms. The van der Waals surface area contributed by atoms with Crippen LogP contribution in [0.25, 0.3) is 0 Å². The second-order valence-corrected chi connectivity index (χ2v) is 11.3. The third-order valence-electron chi connectivity index (χ3n) is 7.47. The van der Waals surface area contributed by atoms with Crippen LogP contribution in [0.3, 0.4) is 0 Å². The zero-order valence-corrected chi connectivity index (χ0v) is 26.1. The van der Waals surface area contributed by atoms with Gasteiger partial charge in [-0.25, -0.2) is 18.4 Å². The number of nitrogens with one attached hydrogen (secondary N) is 5. The fourth-order valence-electron chi connectivity index (χ4n) is 4.90. The van der Waals surface area contributed by atoms with Crippen molar-refractivity contribution >= 4 is 29.7 Å². The van der Waals surface area contributed by atoms with Crippen LogP contribution in [0, 0.1) is 17.6 Å². The Kier molecular flexibility index (Phi) is 13.7. The Morgan fingerprint density at radius 1 is 0.957 bits per heavy atom. The predicted octanol–water partition coefficient (Wildman–Crippen LogP) is 2.44. The predicted molar refractivity (Wildman–Crippen MR) is 166 cm³/mol. The smallest absolute Gasteiger partial charge is 0.328 e. The molecule has 11 nitrogen and oxygen atoms in total. The first kappa shape index (κ1) is 35.7. The van der Waals surface area contributed by atoms with Crippen LogP contribution < -0.4 is 26.6 Å². The van der Waals surface area contributed by atoms with Gasteiger partial charge >= 0.3 is 12.0 Å². The summed E-state index contributed by atoms with van der Waals surface area (Å²) in [5.74, 6) is -3.79. The lowest BCUT2D eigenvalue weighted by Gasteiger charge is -2.26. The van der Waals surface area contributed by atoms with E-state index in [-0.39, 0.29) is 36.7 Å². The van der Waals surface area contributed by atoms with Gasteiger partial charge in [-0.3, -0.25) is 14.4 Å². The van der Waals surface area contributed by atoms with Gasteiger partial charge in [0.1, 0.15) is 29.8 Å². The van der Waals surface area contributed by atoms with Crippen molar-refractivity contribution in [1.29, 1.82) is 0 Å². The van der Waals surface area contributed by atoms with Crippen LogP contribution in [0.2, 0.25) is 0 Å². The van der Waals surface area contributed by atoms with Crippen molar-refractivity contribution in [2.24, 2.45) is 5.92 Å². The minimum absolute atomic E-state index is 0.0394. The molecular weight excluding hydrogens is 600 g/mol. The Hall–Kier alpha value is -4.81. The molecule has 1 aliphatic heterocycles. The first-order chi connectivity index (χ1) is 22.0. The number of rotatable bonds is 10. The summed E-state index contributed by atoms with van der Waals surface area (Å²) in [4.78, 5) is 64.6. The van der Waals surface area contributed by atoms with E-state index in [9.17, 15) is 32.8 Å². The van der Waals surface area contributed by atoms with E-state index in [0.29, 0.717) is 24.9 Å². The van der Waals surface area contributed by atoms with Crippen molar-refractivity contribution in [2.75, 3.05) is 13.7 Å². The summed E-state index contributed by atoms with van der Waals surface area (Å²) in [6.07, 6.45) is 3.65. The van der Waals surface area contributed by atoms with Gasteiger partial charge in [0.15, 0.2) is 0 Å². The summed E-state index contributed by atoms with van der Waals surface area (Å²) in [6.45, 7) is 3.74. The minimum atomic E-state index is -1.34. The number of hydrogen-bond donors (Lipinski definition) is 5. The fourth-order valence-corrected chi connectivity index (χ4v) is 4.90. The summed E-state index contributed by atoms with van der Waals surface area (Å²) in [5, 5.41) is 13.2. The Balaban J connectivity index is 1.84. The summed E-state index contributed by atoms with van der Waals surface area (Å²) in [7, 11) is 1.18. The van der Waals surface area contributed by atoms with E-state index in [1.54, 1.807) is 32.0 Å². The average Bonchev–Trinajstić information content (AvgIpc) is 3.02. The van der Waals surface area contributed by atoms with Crippen molar-refractivity contribution < 1.29 is 37.5 Å². The molecule has 13 heteroatoms. The molecule has 0 aliphatic carbocycles. The molecule has 3 rings (SSSR count). The van der Waals surface area contributed by atoms with E-state index in [1.165, 1.54) is 49.6 Å².